The van der Waals surface area contributed by atoms with Gasteiger partial charge in [-0.1, -0.05) is 41.4 Å². The van der Waals surface area contributed by atoms with Crippen molar-refractivity contribution in [1.82, 2.24) is 5.32 Å². The molecule has 1 aliphatic rings. The van der Waals surface area contributed by atoms with Crippen LogP contribution in [0.3, 0.4) is 0 Å². The van der Waals surface area contributed by atoms with Gasteiger partial charge in [0.25, 0.3) is 11.8 Å². The smallest absolute Gasteiger partial charge is 0.339 e. The minimum atomic E-state index is -4.24. The number of anilines is 1. The lowest BCUT2D eigenvalue weighted by Gasteiger charge is -2.27. The molecule has 3 aromatic rings. The van der Waals surface area contributed by atoms with Crippen molar-refractivity contribution in [1.29, 1.82) is 0 Å². The first-order valence-electron chi connectivity index (χ1n) is 11.9. The van der Waals surface area contributed by atoms with Crippen LogP contribution in [0, 0.1) is 20.8 Å². The van der Waals surface area contributed by atoms with Crippen LogP contribution in [0.4, 0.5) is 10.5 Å². The number of nitrogens with one attached hydrogen (secondary N) is 1. The summed E-state index contributed by atoms with van der Waals surface area (Å²) in [6.07, 6.45) is 1.24. The number of barbiturate groups is 1. The molecular weight excluding hydrogens is 544 g/mol. The van der Waals surface area contributed by atoms with E-state index in [2.05, 4.69) is 5.32 Å². The van der Waals surface area contributed by atoms with Gasteiger partial charge in [-0.3, -0.25) is 14.9 Å². The van der Waals surface area contributed by atoms with Gasteiger partial charge in [0, 0.05) is 0 Å². The van der Waals surface area contributed by atoms with Gasteiger partial charge in [0.05, 0.1) is 17.3 Å². The lowest BCUT2D eigenvalue weighted by Crippen LogP contribution is -2.54. The molecule has 11 heteroatoms. The Labute approximate surface area is 231 Å². The Kier molecular flexibility index (Phi) is 7.80. The third-order valence-corrected chi connectivity index (χ3v) is 7.37. The highest BCUT2D eigenvalue weighted by molar-refractivity contribution is 7.87. The van der Waals surface area contributed by atoms with Gasteiger partial charge >= 0.3 is 16.1 Å². The molecule has 202 valence electrons. The summed E-state index contributed by atoms with van der Waals surface area (Å²) >= 11 is 6.42. The van der Waals surface area contributed by atoms with Crippen molar-refractivity contribution in [3.8, 4) is 11.5 Å². The maximum Gasteiger partial charge on any atom is 0.339 e. The van der Waals surface area contributed by atoms with Crippen molar-refractivity contribution in [3.63, 3.8) is 0 Å². The highest BCUT2D eigenvalue weighted by Gasteiger charge is 2.37. The molecule has 3 aromatic carbocycles. The molecule has 0 spiro atoms. The first-order chi connectivity index (χ1) is 18.4. The molecule has 0 aliphatic carbocycles. The molecule has 1 N–H and O–H groups in total. The zero-order valence-electron chi connectivity index (χ0n) is 21.6. The minimum Gasteiger partial charge on any atom is -0.490 e. The van der Waals surface area contributed by atoms with Crippen LogP contribution in [0.15, 0.2) is 65.1 Å². The van der Waals surface area contributed by atoms with E-state index < -0.39 is 28.0 Å². The van der Waals surface area contributed by atoms with Gasteiger partial charge in [-0.2, -0.15) is 8.42 Å². The van der Waals surface area contributed by atoms with E-state index in [1.54, 1.807) is 38.1 Å². The zero-order valence-corrected chi connectivity index (χ0v) is 23.1. The summed E-state index contributed by atoms with van der Waals surface area (Å²) in [6.45, 7) is 7.21. The Bertz CT molecular complexity index is 1630. The van der Waals surface area contributed by atoms with Crippen molar-refractivity contribution in [2.75, 3.05) is 11.5 Å². The number of carbonyl (C=O) groups is 3. The van der Waals surface area contributed by atoms with Crippen LogP contribution in [-0.2, 0) is 19.7 Å². The second-order valence-corrected chi connectivity index (χ2v) is 10.8. The highest BCUT2D eigenvalue weighted by Crippen LogP contribution is 2.39. The number of halogens is 1. The fourth-order valence-corrected chi connectivity index (χ4v) is 5.14. The van der Waals surface area contributed by atoms with Crippen LogP contribution in [0.5, 0.6) is 11.5 Å². The number of benzene rings is 3. The lowest BCUT2D eigenvalue weighted by atomic mass is 10.0. The third kappa shape index (κ3) is 5.81. The predicted octanol–water partition coefficient (Wildman–Crippen LogP) is 5.10. The van der Waals surface area contributed by atoms with Crippen LogP contribution in [0.2, 0.25) is 5.02 Å². The standard InChI is InChI=1S/C28H25ClN2O7S/c1-5-37-24-15-19(14-22(29)25(24)38-39(35,36)20-10-7-16(2)8-11-20)13-21-26(32)30-28(34)31(27(21)33)23-12-17(3)6-9-18(23)4/h6-15H,5H2,1-4H3,(H,30,32,34)/b21-13+. The summed E-state index contributed by atoms with van der Waals surface area (Å²) in [5.74, 6) is -1.97. The van der Waals surface area contributed by atoms with E-state index >= 15 is 0 Å². The zero-order chi connectivity index (χ0) is 28.5. The molecule has 1 saturated heterocycles. The number of aryl methyl sites for hydroxylation is 3. The molecule has 0 radical (unpaired) electrons. The largest absolute Gasteiger partial charge is 0.490 e. The van der Waals surface area contributed by atoms with E-state index in [1.165, 1.54) is 30.3 Å². The van der Waals surface area contributed by atoms with Crippen LogP contribution in [0.25, 0.3) is 6.08 Å². The maximum atomic E-state index is 13.4. The topological polar surface area (TPSA) is 119 Å². The summed E-state index contributed by atoms with van der Waals surface area (Å²) in [7, 11) is -4.24. The Hall–Kier alpha value is -4.15. The molecule has 4 amide bonds. The fraction of sp³-hybridized carbons (Fsp3) is 0.179. The number of amides is 4. The molecule has 4 rings (SSSR count). The Morgan fingerprint density at radius 2 is 1.62 bits per heavy atom. The van der Waals surface area contributed by atoms with E-state index in [0.29, 0.717) is 11.3 Å². The Morgan fingerprint density at radius 1 is 0.949 bits per heavy atom. The number of hydrogen-bond donors (Lipinski definition) is 1. The highest BCUT2D eigenvalue weighted by atomic mass is 35.5. The molecule has 9 nitrogen and oxygen atoms in total. The average Bonchev–Trinajstić information content (AvgIpc) is 2.86. The maximum absolute atomic E-state index is 13.4. The number of rotatable bonds is 7. The predicted molar refractivity (Wildman–Crippen MR) is 147 cm³/mol. The van der Waals surface area contributed by atoms with Gasteiger partial charge in [-0.25, -0.2) is 9.69 Å². The molecule has 0 saturated carbocycles. The quantitative estimate of drug-likeness (QED) is 0.239. The van der Waals surface area contributed by atoms with E-state index in [0.717, 1.165) is 16.0 Å². The van der Waals surface area contributed by atoms with Gasteiger partial charge in [0.15, 0.2) is 5.75 Å². The number of hydrogen-bond acceptors (Lipinski definition) is 7. The van der Waals surface area contributed by atoms with Crippen LogP contribution < -0.4 is 19.1 Å². The first kappa shape index (κ1) is 27.9. The van der Waals surface area contributed by atoms with E-state index in [4.69, 9.17) is 20.5 Å². The van der Waals surface area contributed by atoms with E-state index in [9.17, 15) is 22.8 Å². The van der Waals surface area contributed by atoms with E-state index in [-0.39, 0.29) is 39.2 Å². The summed E-state index contributed by atoms with van der Waals surface area (Å²) < 4.78 is 36.7. The van der Waals surface area contributed by atoms with Crippen molar-refractivity contribution in [3.05, 3.63) is 87.4 Å². The SMILES string of the molecule is CCOc1cc(/C=C2\C(=O)NC(=O)N(c3cc(C)ccc3C)C2=O)cc(Cl)c1OS(=O)(=O)c1ccc(C)cc1. The molecular formula is C28H25ClN2O7S. The van der Waals surface area contributed by atoms with Crippen molar-refractivity contribution >= 4 is 51.3 Å². The monoisotopic (exact) mass is 568 g/mol. The Balaban J connectivity index is 1.74. The second-order valence-electron chi connectivity index (χ2n) is 8.86. The number of nitrogens with zero attached hydrogens (tertiary/aromatic N) is 1. The summed E-state index contributed by atoms with van der Waals surface area (Å²) in [5, 5.41) is 2.05. The third-order valence-electron chi connectivity index (χ3n) is 5.85. The van der Waals surface area contributed by atoms with Gasteiger partial charge in [-0.05, 0) is 80.8 Å². The van der Waals surface area contributed by atoms with Gasteiger partial charge in [0.1, 0.15) is 10.5 Å². The summed E-state index contributed by atoms with van der Waals surface area (Å²) in [4.78, 5) is 39.5. The number of urea groups is 1. The molecule has 1 fully saturated rings. The van der Waals surface area contributed by atoms with Gasteiger partial charge < -0.3 is 8.92 Å². The van der Waals surface area contributed by atoms with E-state index in [1.807, 2.05) is 19.9 Å². The molecule has 0 aromatic heterocycles. The van der Waals surface area contributed by atoms with Crippen molar-refractivity contribution < 1.29 is 31.7 Å². The number of ether oxygens (including phenoxy) is 1. The molecule has 1 aliphatic heterocycles. The van der Waals surface area contributed by atoms with Crippen LogP contribution in [0.1, 0.15) is 29.2 Å². The summed E-state index contributed by atoms with van der Waals surface area (Å²) in [5.41, 5.74) is 2.62. The molecule has 0 unspecified atom stereocenters. The van der Waals surface area contributed by atoms with Gasteiger partial charge in [0.2, 0.25) is 5.75 Å². The lowest BCUT2D eigenvalue weighted by molar-refractivity contribution is -0.122. The van der Waals surface area contributed by atoms with Crippen molar-refractivity contribution in [2.45, 2.75) is 32.6 Å². The van der Waals surface area contributed by atoms with Crippen molar-refractivity contribution in [2.24, 2.45) is 0 Å². The Morgan fingerprint density at radius 3 is 2.28 bits per heavy atom. The molecule has 1 heterocycles. The van der Waals surface area contributed by atoms with Gasteiger partial charge in [-0.15, -0.1) is 0 Å². The van der Waals surface area contributed by atoms with Crippen LogP contribution >= 0.6 is 11.6 Å². The molecule has 39 heavy (non-hydrogen) atoms. The number of carbonyl (C=O) groups excluding carboxylic acids is 3. The summed E-state index contributed by atoms with van der Waals surface area (Å²) in [6, 6.07) is 13.2. The average molecular weight is 569 g/mol. The van der Waals surface area contributed by atoms with Crippen LogP contribution in [-0.4, -0.2) is 32.9 Å². The first-order valence-corrected chi connectivity index (χ1v) is 13.7. The fourth-order valence-electron chi connectivity index (χ4n) is 3.88. The molecule has 0 atom stereocenters. The second kappa shape index (κ2) is 10.9. The molecule has 0 bridgehead atoms. The normalized spacial score (nSPS) is 14.9. The minimum absolute atomic E-state index is 0.0151. The number of imide groups is 2.